The van der Waals surface area contributed by atoms with Crippen LogP contribution in [0.4, 0.5) is 5.13 Å². The molecule has 7 nitrogen and oxygen atoms in total. The van der Waals surface area contributed by atoms with Gasteiger partial charge in [-0.15, -0.1) is 0 Å². The lowest BCUT2D eigenvalue weighted by Crippen LogP contribution is -2.30. The Morgan fingerprint density at radius 1 is 1.05 bits per heavy atom. The van der Waals surface area contributed by atoms with Crippen LogP contribution < -0.4 is 14.4 Å². The van der Waals surface area contributed by atoms with E-state index in [9.17, 15) is 14.7 Å². The zero-order valence-corrected chi connectivity index (χ0v) is 21.4. The number of hydrogen-bond acceptors (Lipinski definition) is 7. The Kier molecular flexibility index (Phi) is 6.69. The van der Waals surface area contributed by atoms with Crippen LogP contribution in [0.15, 0.2) is 84.1 Å². The zero-order chi connectivity index (χ0) is 26.1. The summed E-state index contributed by atoms with van der Waals surface area (Å²) >= 11 is 7.39. The van der Waals surface area contributed by atoms with Crippen molar-refractivity contribution in [3.63, 3.8) is 0 Å². The zero-order valence-electron chi connectivity index (χ0n) is 19.8. The summed E-state index contributed by atoms with van der Waals surface area (Å²) in [5.74, 6) is -0.939. The van der Waals surface area contributed by atoms with E-state index in [0.29, 0.717) is 32.7 Å². The smallest absolute Gasteiger partial charge is 0.296 e. The van der Waals surface area contributed by atoms with Crippen molar-refractivity contribution in [3.05, 3.63) is 100 Å². The van der Waals surface area contributed by atoms with Gasteiger partial charge in [0.25, 0.3) is 5.91 Å². The third-order valence-corrected chi connectivity index (χ3v) is 7.22. The Bertz CT molecular complexity index is 1580. The first-order chi connectivity index (χ1) is 17.9. The molecule has 0 fully saturated rings. The van der Waals surface area contributed by atoms with Crippen molar-refractivity contribution >= 4 is 56.1 Å². The monoisotopic (exact) mass is 532 g/mol. The molecule has 1 atom stereocenters. The number of rotatable bonds is 7. The average molecular weight is 533 g/mol. The molecule has 0 saturated carbocycles. The molecular weight excluding hydrogens is 512 g/mol. The number of fused-ring (bicyclic) bond motifs is 1. The maximum Gasteiger partial charge on any atom is 0.296 e. The number of thiazole rings is 1. The number of carbonyl (C=O) groups excluding carboxylic acids is 2. The molecular formula is C28H21ClN2O5S. The highest BCUT2D eigenvalue weighted by Crippen LogP contribution is 2.45. The van der Waals surface area contributed by atoms with E-state index in [1.54, 1.807) is 42.5 Å². The van der Waals surface area contributed by atoms with E-state index < -0.39 is 23.5 Å². The van der Waals surface area contributed by atoms with Gasteiger partial charge in [0.2, 0.25) is 0 Å². The maximum absolute atomic E-state index is 13.5. The number of hydrogen-bond donors (Lipinski definition) is 1. The molecule has 1 aliphatic heterocycles. The van der Waals surface area contributed by atoms with E-state index in [2.05, 4.69) is 4.98 Å². The van der Waals surface area contributed by atoms with Crippen molar-refractivity contribution in [1.82, 2.24) is 4.98 Å². The minimum Gasteiger partial charge on any atom is -0.503 e. The van der Waals surface area contributed by atoms with Gasteiger partial charge in [-0.3, -0.25) is 14.5 Å². The second kappa shape index (κ2) is 10.1. The molecule has 0 bridgehead atoms. The number of methoxy groups -OCH3 is 2. The van der Waals surface area contributed by atoms with Crippen molar-refractivity contribution in [2.24, 2.45) is 0 Å². The normalized spacial score (nSPS) is 15.7. The van der Waals surface area contributed by atoms with Gasteiger partial charge in [-0.25, -0.2) is 4.98 Å². The number of nitrogens with zero attached hydrogens (tertiary/aromatic N) is 2. The van der Waals surface area contributed by atoms with Gasteiger partial charge < -0.3 is 14.6 Å². The van der Waals surface area contributed by atoms with Gasteiger partial charge in [0.15, 0.2) is 28.2 Å². The van der Waals surface area contributed by atoms with E-state index in [1.807, 2.05) is 30.3 Å². The van der Waals surface area contributed by atoms with Crippen LogP contribution in [0.5, 0.6) is 11.5 Å². The van der Waals surface area contributed by atoms with Crippen LogP contribution in [-0.4, -0.2) is 36.0 Å². The SMILES string of the molecule is COc1ccc(C2C(C(=O)C=Cc3ccccc3)=C(O)C(=O)N2c2nc3ccc(Cl)cc3s2)cc1OC. The molecule has 0 aliphatic carbocycles. The van der Waals surface area contributed by atoms with Crippen molar-refractivity contribution in [3.8, 4) is 11.5 Å². The fourth-order valence-electron chi connectivity index (χ4n) is 4.21. The summed E-state index contributed by atoms with van der Waals surface area (Å²) in [5.41, 5.74) is 1.94. The van der Waals surface area contributed by atoms with E-state index in [1.165, 1.54) is 36.5 Å². The highest BCUT2D eigenvalue weighted by Gasteiger charge is 2.45. The number of anilines is 1. The number of allylic oxidation sites excluding steroid dienone is 1. The lowest BCUT2D eigenvalue weighted by molar-refractivity contribution is -0.117. The van der Waals surface area contributed by atoms with E-state index in [4.69, 9.17) is 21.1 Å². The second-order valence-corrected chi connectivity index (χ2v) is 9.62. The molecule has 1 amide bonds. The molecule has 0 radical (unpaired) electrons. The molecule has 9 heteroatoms. The van der Waals surface area contributed by atoms with Crippen LogP contribution in [-0.2, 0) is 9.59 Å². The standard InChI is InChI=1S/C28H21ClN2O5S/c1-35-21-13-9-17(14-22(21)36-2)25-24(20(32)12-8-16-6-4-3-5-7-16)26(33)27(34)31(25)28-30-19-11-10-18(29)15-23(19)37-28/h3-15,25,33H,1-2H3. The Morgan fingerprint density at radius 2 is 1.81 bits per heavy atom. The fourth-order valence-corrected chi connectivity index (χ4v) is 5.48. The minimum absolute atomic E-state index is 0.0540. The summed E-state index contributed by atoms with van der Waals surface area (Å²) in [5, 5.41) is 11.8. The number of aliphatic hydroxyl groups is 1. The molecule has 186 valence electrons. The summed E-state index contributed by atoms with van der Waals surface area (Å²) in [7, 11) is 3.02. The number of aromatic nitrogens is 1. The molecule has 1 aromatic heterocycles. The molecule has 1 N–H and O–H groups in total. The lowest BCUT2D eigenvalue weighted by atomic mass is 9.95. The van der Waals surface area contributed by atoms with Gasteiger partial charge in [-0.2, -0.15) is 0 Å². The molecule has 37 heavy (non-hydrogen) atoms. The van der Waals surface area contributed by atoms with Gasteiger partial charge in [0.1, 0.15) is 0 Å². The highest BCUT2D eigenvalue weighted by molar-refractivity contribution is 7.22. The Balaban J connectivity index is 1.64. The molecule has 0 spiro atoms. The molecule has 0 saturated heterocycles. The number of benzene rings is 3. The van der Waals surface area contributed by atoms with Crippen LogP contribution in [0.25, 0.3) is 16.3 Å². The van der Waals surface area contributed by atoms with Crippen molar-refractivity contribution < 1.29 is 24.2 Å². The van der Waals surface area contributed by atoms with Crippen LogP contribution in [0.1, 0.15) is 17.2 Å². The molecule has 1 unspecified atom stereocenters. The van der Waals surface area contributed by atoms with Crippen LogP contribution in [0.2, 0.25) is 5.02 Å². The largest absolute Gasteiger partial charge is 0.503 e. The van der Waals surface area contributed by atoms with Crippen molar-refractivity contribution in [1.29, 1.82) is 0 Å². The summed E-state index contributed by atoms with van der Waals surface area (Å²) in [6.45, 7) is 0. The molecule has 4 aromatic rings. The number of amides is 1. The summed E-state index contributed by atoms with van der Waals surface area (Å²) in [4.78, 5) is 32.8. The quantitative estimate of drug-likeness (QED) is 0.287. The van der Waals surface area contributed by atoms with Crippen LogP contribution >= 0.6 is 22.9 Å². The van der Waals surface area contributed by atoms with Crippen molar-refractivity contribution in [2.75, 3.05) is 19.1 Å². The predicted molar refractivity (Wildman–Crippen MR) is 145 cm³/mol. The van der Waals surface area contributed by atoms with Crippen LogP contribution in [0.3, 0.4) is 0 Å². The number of ketones is 1. The Morgan fingerprint density at radius 3 is 2.54 bits per heavy atom. The Labute approximate surface area is 221 Å². The van der Waals surface area contributed by atoms with Crippen LogP contribution in [0, 0.1) is 0 Å². The van der Waals surface area contributed by atoms with Crippen molar-refractivity contribution in [2.45, 2.75) is 6.04 Å². The van der Waals surface area contributed by atoms with Gasteiger partial charge in [-0.1, -0.05) is 65.4 Å². The Hall–Kier alpha value is -4.14. The maximum atomic E-state index is 13.5. The van der Waals surface area contributed by atoms with Gasteiger partial charge >= 0.3 is 0 Å². The third kappa shape index (κ3) is 4.57. The number of ether oxygens (including phenoxy) is 2. The third-order valence-electron chi connectivity index (χ3n) is 5.97. The summed E-state index contributed by atoms with van der Waals surface area (Å²) < 4.78 is 11.6. The number of carbonyl (C=O) groups is 2. The topological polar surface area (TPSA) is 89.0 Å². The summed E-state index contributed by atoms with van der Waals surface area (Å²) in [6.07, 6.45) is 2.99. The first kappa shape index (κ1) is 24.5. The molecule has 5 rings (SSSR count). The molecule has 2 heterocycles. The lowest BCUT2D eigenvalue weighted by Gasteiger charge is -2.24. The van der Waals surface area contributed by atoms with Gasteiger partial charge in [0.05, 0.1) is 36.1 Å². The second-order valence-electron chi connectivity index (χ2n) is 8.17. The van der Waals surface area contributed by atoms with E-state index in [-0.39, 0.29) is 5.57 Å². The number of halogens is 1. The van der Waals surface area contributed by atoms with Gasteiger partial charge in [-0.05, 0) is 47.5 Å². The summed E-state index contributed by atoms with van der Waals surface area (Å²) in [6, 6.07) is 18.7. The first-order valence-corrected chi connectivity index (χ1v) is 12.4. The minimum atomic E-state index is -0.948. The molecule has 1 aliphatic rings. The number of aliphatic hydroxyl groups excluding tert-OH is 1. The fraction of sp³-hybridized carbons (Fsp3) is 0.107. The predicted octanol–water partition coefficient (Wildman–Crippen LogP) is 6.15. The average Bonchev–Trinajstić information content (AvgIpc) is 3.44. The van der Waals surface area contributed by atoms with E-state index >= 15 is 0 Å². The molecule has 3 aromatic carbocycles. The first-order valence-electron chi connectivity index (χ1n) is 11.2. The highest BCUT2D eigenvalue weighted by atomic mass is 35.5. The van der Waals surface area contributed by atoms with E-state index in [0.717, 1.165) is 10.3 Å². The van der Waals surface area contributed by atoms with Gasteiger partial charge in [0, 0.05) is 5.02 Å².